The summed E-state index contributed by atoms with van der Waals surface area (Å²) >= 11 is 1.50. The third-order valence-electron chi connectivity index (χ3n) is 3.63. The Bertz CT molecular complexity index is 842. The molecule has 0 amide bonds. The fourth-order valence-corrected chi connectivity index (χ4v) is 3.53. The Balaban J connectivity index is 1.81. The molecule has 0 radical (unpaired) electrons. The minimum Gasteiger partial charge on any atom is -0.468 e. The smallest absolute Gasteiger partial charge is 0.269 e. The summed E-state index contributed by atoms with van der Waals surface area (Å²) in [5.74, 6) is 1.49. The molecule has 1 aromatic carbocycles. The minimum atomic E-state index is -0.438. The Morgan fingerprint density at radius 2 is 1.92 bits per heavy atom. The van der Waals surface area contributed by atoms with Crippen LogP contribution in [0.1, 0.15) is 33.5 Å². The zero-order valence-corrected chi connectivity index (χ0v) is 14.0. The van der Waals surface area contributed by atoms with Crippen LogP contribution in [0.2, 0.25) is 0 Å². The maximum absolute atomic E-state index is 12.4. The number of carbonyl (C=O) groups is 1. The predicted octanol–water partition coefficient (Wildman–Crippen LogP) is 5.03. The standard InChI is InChI=1S/C18H15NO5S/c20-16(17-7-3-9-24-17)11-18(25-12-15-6-2-8-23-15)13-4-1-5-14(10-13)19(21)22/h1-10,18H,11-12H2/t18-/m1/s1. The van der Waals surface area contributed by atoms with E-state index in [4.69, 9.17) is 8.83 Å². The lowest BCUT2D eigenvalue weighted by atomic mass is 10.1. The molecule has 0 bridgehead atoms. The number of hydrogen-bond donors (Lipinski definition) is 0. The molecule has 25 heavy (non-hydrogen) atoms. The zero-order valence-electron chi connectivity index (χ0n) is 13.2. The number of rotatable bonds is 8. The zero-order chi connectivity index (χ0) is 17.6. The van der Waals surface area contributed by atoms with E-state index in [-0.39, 0.29) is 28.9 Å². The first-order valence-corrected chi connectivity index (χ1v) is 8.63. The maximum Gasteiger partial charge on any atom is 0.269 e. The van der Waals surface area contributed by atoms with Gasteiger partial charge in [0.1, 0.15) is 5.76 Å². The van der Waals surface area contributed by atoms with Gasteiger partial charge in [-0.25, -0.2) is 0 Å². The molecule has 0 saturated carbocycles. The molecular weight excluding hydrogens is 342 g/mol. The van der Waals surface area contributed by atoms with Crippen molar-refractivity contribution in [2.45, 2.75) is 17.4 Å². The van der Waals surface area contributed by atoms with Gasteiger partial charge in [-0.15, -0.1) is 11.8 Å². The average Bonchev–Trinajstić information content (AvgIpc) is 3.31. The van der Waals surface area contributed by atoms with Crippen molar-refractivity contribution in [1.29, 1.82) is 0 Å². The van der Waals surface area contributed by atoms with Gasteiger partial charge in [-0.3, -0.25) is 14.9 Å². The van der Waals surface area contributed by atoms with Crippen LogP contribution in [-0.2, 0) is 5.75 Å². The van der Waals surface area contributed by atoms with Gasteiger partial charge in [-0.2, -0.15) is 0 Å². The maximum atomic E-state index is 12.4. The number of ketones is 1. The Kier molecular flexibility index (Phi) is 5.35. The number of Topliss-reactive ketones (excluding diaryl/α,β-unsaturated/α-hetero) is 1. The summed E-state index contributed by atoms with van der Waals surface area (Å²) in [7, 11) is 0. The van der Waals surface area contributed by atoms with Gasteiger partial charge >= 0.3 is 0 Å². The first kappa shape index (κ1) is 17.0. The summed E-state index contributed by atoms with van der Waals surface area (Å²) in [6.07, 6.45) is 3.22. The van der Waals surface area contributed by atoms with Gasteiger partial charge in [0.15, 0.2) is 11.5 Å². The van der Waals surface area contributed by atoms with Crippen molar-refractivity contribution in [3.63, 3.8) is 0 Å². The van der Waals surface area contributed by atoms with Crippen LogP contribution in [0.3, 0.4) is 0 Å². The monoisotopic (exact) mass is 357 g/mol. The van der Waals surface area contributed by atoms with Crippen LogP contribution in [-0.4, -0.2) is 10.7 Å². The SMILES string of the molecule is O=C(C[C@@H](SCc1ccco1)c1cccc([N+](=O)[O-])c1)c1ccco1. The fourth-order valence-electron chi connectivity index (χ4n) is 2.40. The van der Waals surface area contributed by atoms with Gasteiger partial charge in [0.25, 0.3) is 5.69 Å². The normalized spacial score (nSPS) is 12.0. The van der Waals surface area contributed by atoms with Crippen molar-refractivity contribution < 1.29 is 18.6 Å². The van der Waals surface area contributed by atoms with E-state index in [0.29, 0.717) is 5.75 Å². The highest BCUT2D eigenvalue weighted by Gasteiger charge is 2.21. The number of furan rings is 2. The summed E-state index contributed by atoms with van der Waals surface area (Å²) < 4.78 is 10.5. The topological polar surface area (TPSA) is 86.5 Å². The molecule has 0 aliphatic carbocycles. The first-order chi connectivity index (χ1) is 12.1. The quantitative estimate of drug-likeness (QED) is 0.319. The van der Waals surface area contributed by atoms with E-state index < -0.39 is 4.92 Å². The Labute approximate surface area is 148 Å². The second-order valence-electron chi connectivity index (χ2n) is 5.34. The van der Waals surface area contributed by atoms with E-state index in [2.05, 4.69) is 0 Å². The Hall–Kier alpha value is -2.80. The molecule has 3 rings (SSSR count). The number of carbonyl (C=O) groups excluding carboxylic acids is 1. The van der Waals surface area contributed by atoms with Gasteiger partial charge in [0.2, 0.25) is 0 Å². The minimum absolute atomic E-state index is 0.00606. The molecule has 0 unspecified atom stereocenters. The molecule has 6 nitrogen and oxygen atoms in total. The summed E-state index contributed by atoms with van der Waals surface area (Å²) in [5, 5.41) is 10.8. The van der Waals surface area contributed by atoms with Crippen LogP contribution in [0.5, 0.6) is 0 Å². The summed E-state index contributed by atoms with van der Waals surface area (Å²) in [4.78, 5) is 23.0. The van der Waals surface area contributed by atoms with Crippen LogP contribution < -0.4 is 0 Å². The van der Waals surface area contributed by atoms with E-state index in [1.165, 1.54) is 30.2 Å². The van der Waals surface area contributed by atoms with Gasteiger partial charge in [-0.05, 0) is 29.8 Å². The van der Waals surface area contributed by atoms with Crippen LogP contribution in [0.15, 0.2) is 69.9 Å². The van der Waals surface area contributed by atoms with E-state index in [1.807, 2.05) is 6.07 Å². The lowest BCUT2D eigenvalue weighted by Gasteiger charge is -2.15. The number of benzene rings is 1. The van der Waals surface area contributed by atoms with Gasteiger partial charge in [0, 0.05) is 23.8 Å². The van der Waals surface area contributed by atoms with Gasteiger partial charge < -0.3 is 8.83 Å². The van der Waals surface area contributed by atoms with Crippen LogP contribution >= 0.6 is 11.8 Å². The molecule has 0 spiro atoms. The largest absolute Gasteiger partial charge is 0.468 e. The molecule has 3 aromatic rings. The van der Waals surface area contributed by atoms with E-state index in [9.17, 15) is 14.9 Å². The molecular formula is C18H15NO5S. The first-order valence-electron chi connectivity index (χ1n) is 7.58. The van der Waals surface area contributed by atoms with Gasteiger partial charge in [-0.1, -0.05) is 12.1 Å². The molecule has 2 heterocycles. The van der Waals surface area contributed by atoms with Crippen molar-refractivity contribution >= 4 is 23.2 Å². The molecule has 7 heteroatoms. The lowest BCUT2D eigenvalue weighted by molar-refractivity contribution is -0.384. The van der Waals surface area contributed by atoms with Crippen molar-refractivity contribution in [2.75, 3.05) is 0 Å². The summed E-state index contributed by atoms with van der Waals surface area (Å²) in [6, 6.07) is 13.3. The Morgan fingerprint density at radius 3 is 2.60 bits per heavy atom. The third-order valence-corrected chi connectivity index (χ3v) is 4.92. The molecule has 0 aliphatic rings. The lowest BCUT2D eigenvalue weighted by Crippen LogP contribution is -2.05. The van der Waals surface area contributed by atoms with Crippen LogP contribution in [0.4, 0.5) is 5.69 Å². The summed E-state index contributed by atoms with van der Waals surface area (Å²) in [5.41, 5.74) is 0.734. The number of nitro groups is 1. The summed E-state index contributed by atoms with van der Waals surface area (Å²) in [6.45, 7) is 0. The van der Waals surface area contributed by atoms with E-state index in [1.54, 1.807) is 36.6 Å². The molecule has 0 aliphatic heterocycles. The average molecular weight is 357 g/mol. The second kappa shape index (κ2) is 7.85. The van der Waals surface area contributed by atoms with Crippen LogP contribution in [0.25, 0.3) is 0 Å². The van der Waals surface area contributed by atoms with E-state index >= 15 is 0 Å². The molecule has 0 fully saturated rings. The number of nitro benzene ring substituents is 1. The predicted molar refractivity (Wildman–Crippen MR) is 93.5 cm³/mol. The van der Waals surface area contributed by atoms with Crippen molar-refractivity contribution in [3.8, 4) is 0 Å². The van der Waals surface area contributed by atoms with Crippen molar-refractivity contribution in [2.24, 2.45) is 0 Å². The highest BCUT2D eigenvalue weighted by molar-refractivity contribution is 7.98. The highest BCUT2D eigenvalue weighted by atomic mass is 32.2. The second-order valence-corrected chi connectivity index (χ2v) is 6.53. The molecule has 0 N–H and O–H groups in total. The third kappa shape index (κ3) is 4.39. The van der Waals surface area contributed by atoms with E-state index in [0.717, 1.165) is 11.3 Å². The molecule has 0 saturated heterocycles. The Morgan fingerprint density at radius 1 is 1.12 bits per heavy atom. The highest BCUT2D eigenvalue weighted by Crippen LogP contribution is 2.37. The number of non-ortho nitro benzene ring substituents is 1. The fraction of sp³-hybridized carbons (Fsp3) is 0.167. The number of hydrogen-bond acceptors (Lipinski definition) is 6. The molecule has 1 atom stereocenters. The molecule has 2 aromatic heterocycles. The molecule has 128 valence electrons. The van der Waals surface area contributed by atoms with Crippen molar-refractivity contribution in [1.82, 2.24) is 0 Å². The number of thioether (sulfide) groups is 1. The van der Waals surface area contributed by atoms with Crippen molar-refractivity contribution in [3.05, 3.63) is 88.3 Å². The number of nitrogens with zero attached hydrogens (tertiary/aromatic N) is 1. The van der Waals surface area contributed by atoms with Gasteiger partial charge in [0.05, 0.1) is 23.2 Å². The van der Waals surface area contributed by atoms with Crippen LogP contribution in [0, 0.1) is 10.1 Å².